The van der Waals surface area contributed by atoms with E-state index in [0.29, 0.717) is 30.2 Å². The summed E-state index contributed by atoms with van der Waals surface area (Å²) in [7, 11) is 0. The molecule has 4 rings (SSSR count). The van der Waals surface area contributed by atoms with E-state index in [9.17, 15) is 18.3 Å². The van der Waals surface area contributed by atoms with E-state index in [0.717, 1.165) is 42.9 Å². The highest BCUT2D eigenvalue weighted by Crippen LogP contribution is 2.36. The monoisotopic (exact) mass is 474 g/mol. The largest absolute Gasteiger partial charge is 0.487 e. The van der Waals surface area contributed by atoms with E-state index in [4.69, 9.17) is 9.47 Å². The summed E-state index contributed by atoms with van der Waals surface area (Å²) >= 11 is 0. The predicted molar refractivity (Wildman–Crippen MR) is 125 cm³/mol. The standard InChI is InChI=1S/C26H29F3N2O3/c1-2-13-33-24-5-3-4-6-25(24)34-17-20(32)16-31-11-9-18(10-12-31)22-15-30-23-14-19(26(27,28)29)7-8-21(22)23/h2-8,14-15,18,20,30,32H,1,9-13,16-17H2. The Morgan fingerprint density at radius 3 is 2.50 bits per heavy atom. The lowest BCUT2D eigenvalue weighted by Gasteiger charge is -2.33. The van der Waals surface area contributed by atoms with Crippen LogP contribution in [0.15, 0.2) is 61.3 Å². The number of fused-ring (bicyclic) bond motifs is 1. The van der Waals surface area contributed by atoms with Gasteiger partial charge in [0.15, 0.2) is 11.5 Å². The minimum absolute atomic E-state index is 0.151. The highest BCUT2D eigenvalue weighted by molar-refractivity contribution is 5.84. The summed E-state index contributed by atoms with van der Waals surface area (Å²) in [6.07, 6.45) is 0.235. The normalized spacial score (nSPS) is 16.5. The van der Waals surface area contributed by atoms with Crippen molar-refractivity contribution in [3.8, 4) is 11.5 Å². The van der Waals surface area contributed by atoms with E-state index >= 15 is 0 Å². The van der Waals surface area contributed by atoms with Gasteiger partial charge in [0.2, 0.25) is 0 Å². The van der Waals surface area contributed by atoms with Crippen molar-refractivity contribution in [2.45, 2.75) is 31.0 Å². The van der Waals surface area contributed by atoms with Crippen molar-refractivity contribution in [3.63, 3.8) is 0 Å². The fourth-order valence-corrected chi connectivity index (χ4v) is 4.46. The Bertz CT molecular complexity index is 1100. The highest BCUT2D eigenvalue weighted by atomic mass is 19.4. The summed E-state index contributed by atoms with van der Waals surface area (Å²) in [6.45, 7) is 6.25. The first-order valence-electron chi connectivity index (χ1n) is 11.4. The van der Waals surface area contributed by atoms with Crippen LogP contribution in [0.5, 0.6) is 11.5 Å². The third kappa shape index (κ3) is 5.74. The van der Waals surface area contributed by atoms with Gasteiger partial charge >= 0.3 is 6.18 Å². The molecule has 1 aliphatic heterocycles. The SMILES string of the molecule is C=CCOc1ccccc1OCC(O)CN1CCC(c2c[nH]c3cc(C(F)(F)F)ccc23)CC1. The second-order valence-electron chi connectivity index (χ2n) is 8.59. The lowest BCUT2D eigenvalue weighted by Crippen LogP contribution is -2.40. The van der Waals surface area contributed by atoms with Gasteiger partial charge in [-0.2, -0.15) is 13.2 Å². The zero-order chi connectivity index (χ0) is 24.1. The summed E-state index contributed by atoms with van der Waals surface area (Å²) in [5.74, 6) is 1.45. The third-order valence-corrected chi connectivity index (χ3v) is 6.17. The van der Waals surface area contributed by atoms with E-state index in [1.165, 1.54) is 6.07 Å². The number of nitrogens with one attached hydrogen (secondary N) is 1. The number of piperidine rings is 1. The molecule has 8 heteroatoms. The van der Waals surface area contributed by atoms with Crippen molar-refractivity contribution >= 4 is 10.9 Å². The van der Waals surface area contributed by atoms with E-state index in [2.05, 4.69) is 16.5 Å². The van der Waals surface area contributed by atoms with Crippen molar-refractivity contribution in [2.75, 3.05) is 32.8 Å². The highest BCUT2D eigenvalue weighted by Gasteiger charge is 2.31. The average Bonchev–Trinajstić information content (AvgIpc) is 3.25. The molecule has 5 nitrogen and oxygen atoms in total. The number of halogens is 3. The second kappa shape index (κ2) is 10.5. The van der Waals surface area contributed by atoms with Crippen LogP contribution >= 0.6 is 0 Å². The number of hydrogen-bond acceptors (Lipinski definition) is 4. The number of nitrogens with zero attached hydrogens (tertiary/aromatic N) is 1. The maximum absolute atomic E-state index is 13.0. The van der Waals surface area contributed by atoms with Crippen LogP contribution in [0.3, 0.4) is 0 Å². The Kier molecular flexibility index (Phi) is 7.48. The smallest absolute Gasteiger partial charge is 0.416 e. The Morgan fingerprint density at radius 1 is 1.12 bits per heavy atom. The summed E-state index contributed by atoms with van der Waals surface area (Å²) in [5, 5.41) is 11.3. The van der Waals surface area contributed by atoms with Gasteiger partial charge in [-0.05, 0) is 61.7 Å². The molecule has 0 bridgehead atoms. The van der Waals surface area contributed by atoms with Crippen LogP contribution in [0.4, 0.5) is 13.2 Å². The molecule has 3 aromatic rings. The average molecular weight is 475 g/mol. The number of β-amino-alcohol motifs (C(OH)–C–C–N with tert-alkyl or cyclic N) is 1. The van der Waals surface area contributed by atoms with Gasteiger partial charge in [0.25, 0.3) is 0 Å². The molecule has 34 heavy (non-hydrogen) atoms. The number of aliphatic hydroxyl groups is 1. The van der Waals surface area contributed by atoms with Gasteiger partial charge in [0.1, 0.15) is 19.3 Å². The summed E-state index contributed by atoms with van der Waals surface area (Å²) in [5.41, 5.74) is 0.926. The second-order valence-corrected chi connectivity index (χ2v) is 8.59. The maximum Gasteiger partial charge on any atom is 0.416 e. The quantitative estimate of drug-likeness (QED) is 0.410. The van der Waals surface area contributed by atoms with Crippen molar-refractivity contribution in [3.05, 3.63) is 72.4 Å². The van der Waals surface area contributed by atoms with Gasteiger partial charge in [-0.3, -0.25) is 0 Å². The number of hydrogen-bond donors (Lipinski definition) is 2. The molecule has 1 aromatic heterocycles. The van der Waals surface area contributed by atoms with Crippen molar-refractivity contribution in [1.29, 1.82) is 0 Å². The molecule has 0 aliphatic carbocycles. The molecule has 2 N–H and O–H groups in total. The Labute approximate surface area is 196 Å². The van der Waals surface area contributed by atoms with E-state index in [-0.39, 0.29) is 12.5 Å². The molecule has 0 radical (unpaired) electrons. The topological polar surface area (TPSA) is 57.7 Å². The molecule has 0 spiro atoms. The number of rotatable bonds is 9. The van der Waals surface area contributed by atoms with E-state index in [1.807, 2.05) is 24.4 Å². The number of aromatic amines is 1. The Balaban J connectivity index is 1.29. The number of likely N-dealkylation sites (tertiary alicyclic amines) is 1. The molecule has 2 aromatic carbocycles. The van der Waals surface area contributed by atoms with Crippen LogP contribution in [0, 0.1) is 0 Å². The minimum Gasteiger partial charge on any atom is -0.487 e. The van der Waals surface area contributed by atoms with Gasteiger partial charge in [-0.1, -0.05) is 30.9 Å². The fraction of sp³-hybridized carbons (Fsp3) is 0.385. The summed E-state index contributed by atoms with van der Waals surface area (Å²) in [6, 6.07) is 11.2. The van der Waals surface area contributed by atoms with Crippen LogP contribution in [0.25, 0.3) is 10.9 Å². The maximum atomic E-state index is 13.0. The fourth-order valence-electron chi connectivity index (χ4n) is 4.46. The van der Waals surface area contributed by atoms with Crippen LogP contribution in [-0.4, -0.2) is 53.9 Å². The molecular formula is C26H29F3N2O3. The van der Waals surface area contributed by atoms with Crippen molar-refractivity contribution in [1.82, 2.24) is 9.88 Å². The number of para-hydroxylation sites is 2. The molecule has 1 saturated heterocycles. The third-order valence-electron chi connectivity index (χ3n) is 6.17. The molecule has 1 unspecified atom stereocenters. The van der Waals surface area contributed by atoms with Crippen LogP contribution in [0.1, 0.15) is 29.9 Å². The van der Waals surface area contributed by atoms with Gasteiger partial charge in [0, 0.05) is 23.6 Å². The first kappa shape index (κ1) is 24.2. The summed E-state index contributed by atoms with van der Waals surface area (Å²) in [4.78, 5) is 5.20. The van der Waals surface area contributed by atoms with Gasteiger partial charge < -0.3 is 24.5 Å². The summed E-state index contributed by atoms with van der Waals surface area (Å²) < 4.78 is 50.3. The molecule has 1 aliphatic rings. The van der Waals surface area contributed by atoms with Gasteiger partial charge in [-0.15, -0.1) is 0 Å². The first-order valence-corrected chi connectivity index (χ1v) is 11.4. The Morgan fingerprint density at radius 2 is 1.82 bits per heavy atom. The van der Waals surface area contributed by atoms with Crippen molar-refractivity contribution < 1.29 is 27.8 Å². The molecule has 2 heterocycles. The van der Waals surface area contributed by atoms with Gasteiger partial charge in [0.05, 0.1) is 5.56 Å². The van der Waals surface area contributed by atoms with Crippen molar-refractivity contribution in [2.24, 2.45) is 0 Å². The van der Waals surface area contributed by atoms with Crippen LogP contribution < -0.4 is 9.47 Å². The number of benzene rings is 2. The minimum atomic E-state index is -4.35. The number of aromatic nitrogens is 1. The first-order chi connectivity index (χ1) is 16.3. The molecule has 1 fully saturated rings. The molecule has 182 valence electrons. The zero-order valence-electron chi connectivity index (χ0n) is 18.9. The van der Waals surface area contributed by atoms with Gasteiger partial charge in [-0.25, -0.2) is 0 Å². The lowest BCUT2D eigenvalue weighted by molar-refractivity contribution is -0.137. The molecule has 0 saturated carbocycles. The van der Waals surface area contributed by atoms with E-state index < -0.39 is 17.8 Å². The zero-order valence-corrected chi connectivity index (χ0v) is 18.9. The molecule has 1 atom stereocenters. The number of aliphatic hydroxyl groups excluding tert-OH is 1. The molecular weight excluding hydrogens is 445 g/mol. The van der Waals surface area contributed by atoms with E-state index in [1.54, 1.807) is 18.2 Å². The number of alkyl halides is 3. The lowest BCUT2D eigenvalue weighted by atomic mass is 9.89. The number of ether oxygens (including phenoxy) is 2. The van der Waals surface area contributed by atoms with Crippen LogP contribution in [-0.2, 0) is 6.18 Å². The predicted octanol–water partition coefficient (Wildman–Crippen LogP) is 5.37. The molecule has 0 amide bonds. The number of H-pyrrole nitrogens is 1. The Hall–Kier alpha value is -2.97. The van der Waals surface area contributed by atoms with Crippen LogP contribution in [0.2, 0.25) is 0 Å².